The highest BCUT2D eigenvalue weighted by Crippen LogP contribution is 2.46. The van der Waals surface area contributed by atoms with E-state index in [1.165, 1.54) is 6.07 Å². The number of rotatable bonds is 4. The minimum Gasteiger partial charge on any atom is -0.481 e. The van der Waals surface area contributed by atoms with Gasteiger partial charge in [-0.15, -0.1) is 0 Å². The molecule has 1 amide bonds. The molecule has 8 heteroatoms. The first-order valence-electron chi connectivity index (χ1n) is 6.77. The van der Waals surface area contributed by atoms with Gasteiger partial charge in [-0.1, -0.05) is 11.3 Å². The van der Waals surface area contributed by atoms with Crippen LogP contribution in [0.5, 0.6) is 0 Å². The molecule has 1 aliphatic carbocycles. The first kappa shape index (κ1) is 14.0. The van der Waals surface area contributed by atoms with Gasteiger partial charge in [0.05, 0.1) is 16.9 Å². The average Bonchev–Trinajstić information content (AvgIpc) is 3.13. The van der Waals surface area contributed by atoms with E-state index in [2.05, 4.69) is 0 Å². The summed E-state index contributed by atoms with van der Waals surface area (Å²) in [5, 5.41) is 20.2. The van der Waals surface area contributed by atoms with Crippen LogP contribution in [0.2, 0.25) is 0 Å². The van der Waals surface area contributed by atoms with Crippen molar-refractivity contribution in [1.29, 1.82) is 0 Å². The molecule has 3 rings (SSSR count). The number of hydrogen-bond donors (Lipinski definition) is 1. The lowest BCUT2D eigenvalue weighted by molar-refractivity contribution is -0.380. The third kappa shape index (κ3) is 2.51. The number of amides is 1. The molecule has 2 heterocycles. The van der Waals surface area contributed by atoms with E-state index in [9.17, 15) is 24.8 Å². The largest absolute Gasteiger partial charge is 0.481 e. The van der Waals surface area contributed by atoms with Crippen LogP contribution in [-0.2, 0) is 9.59 Å². The summed E-state index contributed by atoms with van der Waals surface area (Å²) in [4.78, 5) is 36.3. The van der Waals surface area contributed by atoms with Crippen molar-refractivity contribution in [2.45, 2.75) is 37.8 Å². The molecule has 1 aliphatic heterocycles. The smallest absolute Gasteiger partial charge is 0.324 e. The van der Waals surface area contributed by atoms with Crippen molar-refractivity contribution < 1.29 is 19.6 Å². The molecule has 0 bridgehead atoms. The fourth-order valence-electron chi connectivity index (χ4n) is 2.89. The Bertz CT molecular complexity index is 609. The number of aliphatic carboxylic acids is 1. The summed E-state index contributed by atoms with van der Waals surface area (Å²) in [6.45, 7) is 0. The molecule has 112 valence electrons. The summed E-state index contributed by atoms with van der Waals surface area (Å²) in [5.74, 6) is -1.69. The molecule has 7 nitrogen and oxygen atoms in total. The van der Waals surface area contributed by atoms with E-state index >= 15 is 0 Å². The molecule has 21 heavy (non-hydrogen) atoms. The minimum atomic E-state index is -0.950. The van der Waals surface area contributed by atoms with E-state index in [0.717, 1.165) is 24.2 Å². The summed E-state index contributed by atoms with van der Waals surface area (Å²) in [6, 6.07) is 2.47. The summed E-state index contributed by atoms with van der Waals surface area (Å²) in [7, 11) is 0. The van der Waals surface area contributed by atoms with Crippen LogP contribution in [0.15, 0.2) is 12.1 Å². The third-order valence-corrected chi connectivity index (χ3v) is 5.09. The van der Waals surface area contributed by atoms with Gasteiger partial charge in [-0.05, 0) is 25.3 Å². The van der Waals surface area contributed by atoms with Crippen LogP contribution in [0.25, 0.3) is 0 Å². The molecule has 0 spiro atoms. The van der Waals surface area contributed by atoms with Crippen molar-refractivity contribution in [2.24, 2.45) is 5.92 Å². The van der Waals surface area contributed by atoms with E-state index in [-0.39, 0.29) is 29.8 Å². The van der Waals surface area contributed by atoms with Gasteiger partial charge in [-0.3, -0.25) is 19.7 Å². The monoisotopic (exact) mass is 310 g/mol. The van der Waals surface area contributed by atoms with Crippen molar-refractivity contribution in [3.63, 3.8) is 0 Å². The lowest BCUT2D eigenvalue weighted by Crippen LogP contribution is -2.46. The predicted molar refractivity (Wildman–Crippen MR) is 73.9 cm³/mol. The molecule has 0 radical (unpaired) electrons. The highest BCUT2D eigenvalue weighted by Gasteiger charge is 2.47. The van der Waals surface area contributed by atoms with Crippen molar-refractivity contribution >= 4 is 28.2 Å². The number of carboxylic acids is 1. The molecule has 1 N–H and O–H groups in total. The number of thiophene rings is 1. The van der Waals surface area contributed by atoms with Gasteiger partial charge in [0.2, 0.25) is 5.91 Å². The Labute approximate surface area is 124 Å². The normalized spacial score (nSPS) is 25.9. The van der Waals surface area contributed by atoms with Crippen LogP contribution in [-0.4, -0.2) is 32.8 Å². The van der Waals surface area contributed by atoms with Crippen molar-refractivity contribution in [2.75, 3.05) is 0 Å². The van der Waals surface area contributed by atoms with Crippen molar-refractivity contribution in [3.05, 3.63) is 27.1 Å². The number of piperidine rings is 1. The Kier molecular flexibility index (Phi) is 3.40. The van der Waals surface area contributed by atoms with Crippen LogP contribution in [0.1, 0.15) is 36.6 Å². The zero-order chi connectivity index (χ0) is 15.1. The summed E-state index contributed by atoms with van der Waals surface area (Å²) in [5.41, 5.74) is 0. The van der Waals surface area contributed by atoms with E-state index in [1.807, 2.05) is 0 Å². The Morgan fingerprint density at radius 1 is 1.38 bits per heavy atom. The maximum absolute atomic E-state index is 12.2. The van der Waals surface area contributed by atoms with Crippen LogP contribution < -0.4 is 0 Å². The molecular weight excluding hydrogens is 296 g/mol. The van der Waals surface area contributed by atoms with Gasteiger partial charge in [0.1, 0.15) is 0 Å². The Morgan fingerprint density at radius 2 is 2.10 bits per heavy atom. The summed E-state index contributed by atoms with van der Waals surface area (Å²) >= 11 is 0.963. The van der Waals surface area contributed by atoms with Gasteiger partial charge < -0.3 is 10.0 Å². The number of nitro groups is 1. The second kappa shape index (κ2) is 5.10. The lowest BCUT2D eigenvalue weighted by atomic mass is 9.87. The van der Waals surface area contributed by atoms with Crippen molar-refractivity contribution in [3.8, 4) is 0 Å². The Morgan fingerprint density at radius 3 is 2.62 bits per heavy atom. The Balaban J connectivity index is 1.99. The number of nitrogens with zero attached hydrogens (tertiary/aromatic N) is 2. The molecular formula is C13H14N2O5S. The fraction of sp³-hybridized carbons (Fsp3) is 0.538. The highest BCUT2D eigenvalue weighted by atomic mass is 32.1. The highest BCUT2D eigenvalue weighted by molar-refractivity contribution is 7.15. The van der Waals surface area contributed by atoms with Gasteiger partial charge in [0, 0.05) is 23.4 Å². The number of carbonyl (C=O) groups excluding carboxylic acids is 1. The zero-order valence-electron chi connectivity index (χ0n) is 11.1. The van der Waals surface area contributed by atoms with E-state index in [4.69, 9.17) is 0 Å². The van der Waals surface area contributed by atoms with Gasteiger partial charge in [-0.25, -0.2) is 0 Å². The van der Waals surface area contributed by atoms with Gasteiger partial charge >= 0.3 is 11.0 Å². The molecule has 2 unspecified atom stereocenters. The Hall–Kier alpha value is -1.96. The van der Waals surface area contributed by atoms with E-state index < -0.39 is 22.9 Å². The zero-order valence-corrected chi connectivity index (χ0v) is 11.9. The fourth-order valence-corrected chi connectivity index (χ4v) is 3.88. The van der Waals surface area contributed by atoms with E-state index in [0.29, 0.717) is 4.88 Å². The molecule has 1 aromatic rings. The lowest BCUT2D eigenvalue weighted by Gasteiger charge is -2.39. The standard InChI is InChI=1S/C13H14N2O5S/c16-10-5-3-8(13(17)18)12(14(10)7-1-2-7)9-4-6-11(21-9)15(19)20/h4,6-8,12H,1-3,5H2,(H,17,18). The topological polar surface area (TPSA) is 101 Å². The van der Waals surface area contributed by atoms with Crippen LogP contribution >= 0.6 is 11.3 Å². The first-order chi connectivity index (χ1) is 9.99. The molecule has 1 saturated carbocycles. The number of likely N-dealkylation sites (tertiary alicyclic amines) is 1. The SMILES string of the molecule is O=C(O)C1CCC(=O)N(C2CC2)C1c1ccc([N+](=O)[O-])s1. The number of carboxylic acid groups (broad SMARTS) is 1. The predicted octanol–water partition coefficient (Wildman–Crippen LogP) is 2.18. The molecule has 2 atom stereocenters. The number of hydrogen-bond acceptors (Lipinski definition) is 5. The van der Waals surface area contributed by atoms with Crippen molar-refractivity contribution in [1.82, 2.24) is 4.90 Å². The molecule has 1 saturated heterocycles. The quantitative estimate of drug-likeness (QED) is 0.678. The van der Waals surface area contributed by atoms with Gasteiger partial charge in [0.15, 0.2) is 0 Å². The average molecular weight is 310 g/mol. The molecule has 0 aromatic carbocycles. The summed E-state index contributed by atoms with van der Waals surface area (Å²) in [6.07, 6.45) is 2.27. The minimum absolute atomic E-state index is 0.0251. The maximum atomic E-state index is 12.2. The van der Waals surface area contributed by atoms with Gasteiger partial charge in [-0.2, -0.15) is 0 Å². The van der Waals surface area contributed by atoms with Crippen LogP contribution in [0.3, 0.4) is 0 Å². The molecule has 1 aromatic heterocycles. The van der Waals surface area contributed by atoms with Crippen LogP contribution in [0.4, 0.5) is 5.00 Å². The second-order valence-electron chi connectivity index (χ2n) is 5.39. The maximum Gasteiger partial charge on any atom is 0.324 e. The molecule has 2 aliphatic rings. The second-order valence-corrected chi connectivity index (χ2v) is 6.49. The number of carbonyl (C=O) groups is 2. The summed E-state index contributed by atoms with van der Waals surface area (Å²) < 4.78 is 0. The first-order valence-corrected chi connectivity index (χ1v) is 7.59. The third-order valence-electron chi connectivity index (χ3n) is 3.98. The van der Waals surface area contributed by atoms with E-state index in [1.54, 1.807) is 11.0 Å². The molecule has 2 fully saturated rings. The van der Waals surface area contributed by atoms with Crippen LogP contribution in [0, 0.1) is 16.0 Å². The van der Waals surface area contributed by atoms with Gasteiger partial charge in [0.25, 0.3) is 0 Å².